The summed E-state index contributed by atoms with van der Waals surface area (Å²) in [4.78, 5) is 24.4. The van der Waals surface area contributed by atoms with E-state index >= 15 is 0 Å². The summed E-state index contributed by atoms with van der Waals surface area (Å²) in [6, 6.07) is 0. The van der Waals surface area contributed by atoms with Gasteiger partial charge in [-0.15, -0.1) is 0 Å². The standard InChI is InChI=1S/C16H24O3/c1-11-6-5-7-13(17)16(11)9-8-12(10-16)14(18)19-15(2,3)4/h8,11H,5-7,9-10H2,1-4H3/t11-,16-/m1/s1. The molecule has 2 aliphatic carbocycles. The van der Waals surface area contributed by atoms with Crippen molar-refractivity contribution in [3.05, 3.63) is 11.6 Å². The van der Waals surface area contributed by atoms with Crippen LogP contribution in [0.25, 0.3) is 0 Å². The molecule has 0 radical (unpaired) electrons. The summed E-state index contributed by atoms with van der Waals surface area (Å²) in [5, 5.41) is 0. The molecule has 2 atom stereocenters. The zero-order valence-electron chi connectivity index (χ0n) is 12.4. The second-order valence-electron chi connectivity index (χ2n) is 6.98. The van der Waals surface area contributed by atoms with Crippen LogP contribution in [0, 0.1) is 11.3 Å². The highest BCUT2D eigenvalue weighted by atomic mass is 16.6. The molecule has 0 aliphatic heterocycles. The summed E-state index contributed by atoms with van der Waals surface area (Å²) in [6.45, 7) is 7.74. The van der Waals surface area contributed by atoms with Gasteiger partial charge in [0, 0.05) is 17.4 Å². The van der Waals surface area contributed by atoms with Gasteiger partial charge >= 0.3 is 5.97 Å². The molecule has 0 unspecified atom stereocenters. The molecule has 1 saturated carbocycles. The van der Waals surface area contributed by atoms with Gasteiger partial charge in [0.15, 0.2) is 0 Å². The minimum Gasteiger partial charge on any atom is -0.457 e. The lowest BCUT2D eigenvalue weighted by Crippen LogP contribution is -2.39. The maximum atomic E-state index is 12.3. The van der Waals surface area contributed by atoms with Crippen LogP contribution in [-0.4, -0.2) is 17.4 Å². The predicted octanol–water partition coefficient (Wildman–Crippen LogP) is 3.42. The van der Waals surface area contributed by atoms with Crippen LogP contribution in [0.4, 0.5) is 0 Å². The molecule has 1 fully saturated rings. The van der Waals surface area contributed by atoms with Crippen molar-refractivity contribution < 1.29 is 14.3 Å². The molecule has 3 nitrogen and oxygen atoms in total. The number of ketones is 1. The number of esters is 1. The van der Waals surface area contributed by atoms with E-state index in [2.05, 4.69) is 6.92 Å². The predicted molar refractivity (Wildman–Crippen MR) is 73.6 cm³/mol. The monoisotopic (exact) mass is 264 g/mol. The van der Waals surface area contributed by atoms with Gasteiger partial charge in [-0.05, 0) is 52.4 Å². The van der Waals surface area contributed by atoms with E-state index in [1.165, 1.54) is 0 Å². The topological polar surface area (TPSA) is 43.4 Å². The Labute approximate surface area is 115 Å². The minimum absolute atomic E-state index is 0.255. The Hall–Kier alpha value is -1.12. The number of carbonyl (C=O) groups excluding carboxylic acids is 2. The normalized spacial score (nSPS) is 31.5. The van der Waals surface area contributed by atoms with E-state index in [1.807, 2.05) is 26.8 Å². The Kier molecular flexibility index (Phi) is 3.59. The van der Waals surface area contributed by atoms with Gasteiger partial charge in [-0.25, -0.2) is 4.79 Å². The van der Waals surface area contributed by atoms with Gasteiger partial charge in [-0.3, -0.25) is 4.79 Å². The van der Waals surface area contributed by atoms with Crippen LogP contribution in [0.15, 0.2) is 11.6 Å². The molecule has 2 aliphatic rings. The van der Waals surface area contributed by atoms with E-state index in [-0.39, 0.29) is 11.4 Å². The lowest BCUT2D eigenvalue weighted by atomic mass is 9.64. The van der Waals surface area contributed by atoms with Crippen molar-refractivity contribution in [2.24, 2.45) is 11.3 Å². The average molecular weight is 264 g/mol. The van der Waals surface area contributed by atoms with Crippen LogP contribution in [0.5, 0.6) is 0 Å². The fourth-order valence-electron chi connectivity index (χ4n) is 3.25. The summed E-state index contributed by atoms with van der Waals surface area (Å²) in [5.74, 6) is 0.445. The smallest absolute Gasteiger partial charge is 0.334 e. The van der Waals surface area contributed by atoms with Crippen molar-refractivity contribution in [3.63, 3.8) is 0 Å². The SMILES string of the molecule is C[C@@H]1CCCC(=O)[C@@]12CC=C(C(=O)OC(C)(C)C)C2. The molecule has 0 amide bonds. The number of rotatable bonds is 1. The lowest BCUT2D eigenvalue weighted by Gasteiger charge is -2.38. The molecule has 0 aromatic rings. The molecular weight excluding hydrogens is 240 g/mol. The Morgan fingerprint density at radius 3 is 2.68 bits per heavy atom. The largest absolute Gasteiger partial charge is 0.457 e. The third-order valence-electron chi connectivity index (χ3n) is 4.42. The van der Waals surface area contributed by atoms with Crippen LogP contribution in [0.1, 0.15) is 59.8 Å². The number of carbonyl (C=O) groups is 2. The van der Waals surface area contributed by atoms with Crippen LogP contribution in [0.2, 0.25) is 0 Å². The zero-order chi connectivity index (χ0) is 14.3. The molecule has 0 bridgehead atoms. The number of allylic oxidation sites excluding steroid dienone is 1. The first-order valence-corrected chi connectivity index (χ1v) is 7.20. The molecule has 0 aromatic heterocycles. The first-order valence-electron chi connectivity index (χ1n) is 7.20. The first kappa shape index (κ1) is 14.3. The Balaban J connectivity index is 2.09. The van der Waals surface area contributed by atoms with Crippen molar-refractivity contribution in [1.29, 1.82) is 0 Å². The fraction of sp³-hybridized carbons (Fsp3) is 0.750. The van der Waals surface area contributed by atoms with Crippen molar-refractivity contribution in [3.8, 4) is 0 Å². The van der Waals surface area contributed by atoms with E-state index in [9.17, 15) is 9.59 Å². The maximum Gasteiger partial charge on any atom is 0.334 e. The van der Waals surface area contributed by atoms with Crippen molar-refractivity contribution in [2.75, 3.05) is 0 Å². The van der Waals surface area contributed by atoms with Crippen LogP contribution in [-0.2, 0) is 14.3 Å². The quantitative estimate of drug-likeness (QED) is 0.681. The summed E-state index contributed by atoms with van der Waals surface area (Å²) in [6.07, 6.45) is 5.95. The van der Waals surface area contributed by atoms with E-state index < -0.39 is 5.60 Å². The van der Waals surface area contributed by atoms with Gasteiger partial charge in [0.2, 0.25) is 0 Å². The second-order valence-corrected chi connectivity index (χ2v) is 6.98. The van der Waals surface area contributed by atoms with Crippen molar-refractivity contribution in [2.45, 2.75) is 65.4 Å². The fourth-order valence-corrected chi connectivity index (χ4v) is 3.25. The maximum absolute atomic E-state index is 12.3. The highest BCUT2D eigenvalue weighted by molar-refractivity contribution is 5.94. The van der Waals surface area contributed by atoms with Crippen LogP contribution < -0.4 is 0 Å². The van der Waals surface area contributed by atoms with E-state index in [0.717, 1.165) is 12.8 Å². The Bertz CT molecular complexity index is 428. The summed E-state index contributed by atoms with van der Waals surface area (Å²) < 4.78 is 5.41. The van der Waals surface area contributed by atoms with Gasteiger partial charge in [0.05, 0.1) is 0 Å². The van der Waals surface area contributed by atoms with E-state index in [4.69, 9.17) is 4.74 Å². The number of Topliss-reactive ketones (excluding diaryl/α,β-unsaturated/α-hetero) is 1. The molecule has 1 spiro atoms. The molecule has 106 valence electrons. The van der Waals surface area contributed by atoms with Gasteiger partial charge < -0.3 is 4.74 Å². The molecular formula is C16H24O3. The molecule has 0 N–H and O–H groups in total. The minimum atomic E-state index is -0.476. The van der Waals surface area contributed by atoms with Crippen LogP contribution >= 0.6 is 0 Å². The number of ether oxygens (including phenoxy) is 1. The highest BCUT2D eigenvalue weighted by Crippen LogP contribution is 2.50. The zero-order valence-corrected chi connectivity index (χ0v) is 12.4. The molecule has 2 rings (SSSR count). The molecule has 0 heterocycles. The number of hydrogen-bond donors (Lipinski definition) is 0. The molecule has 19 heavy (non-hydrogen) atoms. The third kappa shape index (κ3) is 2.75. The van der Waals surface area contributed by atoms with Crippen LogP contribution in [0.3, 0.4) is 0 Å². The first-order chi connectivity index (χ1) is 8.74. The third-order valence-corrected chi connectivity index (χ3v) is 4.42. The average Bonchev–Trinajstić information content (AvgIpc) is 2.70. The number of hydrogen-bond acceptors (Lipinski definition) is 3. The van der Waals surface area contributed by atoms with Crippen molar-refractivity contribution >= 4 is 11.8 Å². The molecule has 0 aromatic carbocycles. The lowest BCUT2D eigenvalue weighted by molar-refractivity contribution is -0.150. The van der Waals surface area contributed by atoms with Gasteiger partial charge in [-0.2, -0.15) is 0 Å². The van der Waals surface area contributed by atoms with Gasteiger partial charge in [0.25, 0.3) is 0 Å². The highest BCUT2D eigenvalue weighted by Gasteiger charge is 2.48. The van der Waals surface area contributed by atoms with Gasteiger partial charge in [0.1, 0.15) is 11.4 Å². The Morgan fingerprint density at radius 2 is 2.11 bits per heavy atom. The summed E-state index contributed by atoms with van der Waals surface area (Å²) in [7, 11) is 0. The van der Waals surface area contributed by atoms with E-state index in [0.29, 0.717) is 36.5 Å². The Morgan fingerprint density at radius 1 is 1.42 bits per heavy atom. The molecule has 3 heteroatoms. The molecule has 0 saturated heterocycles. The summed E-state index contributed by atoms with van der Waals surface area (Å²) in [5.41, 5.74) is -0.0996. The second kappa shape index (κ2) is 4.77. The van der Waals surface area contributed by atoms with Gasteiger partial charge in [-0.1, -0.05) is 13.0 Å². The summed E-state index contributed by atoms with van der Waals surface area (Å²) >= 11 is 0. The van der Waals surface area contributed by atoms with E-state index in [1.54, 1.807) is 0 Å². The van der Waals surface area contributed by atoms with Crippen molar-refractivity contribution in [1.82, 2.24) is 0 Å².